The SMILES string of the molecule is CCN(CC)CCN(C(=O)c1cc(Cl)ccc1Cl)c1nc2c(C)cccc2s1. The highest BCUT2D eigenvalue weighted by Gasteiger charge is 2.24. The predicted octanol–water partition coefficient (Wildman–Crippen LogP) is 5.90. The molecule has 2 aromatic carbocycles. The average molecular weight is 436 g/mol. The van der Waals surface area contributed by atoms with Crippen LogP contribution in [-0.4, -0.2) is 42.0 Å². The van der Waals surface area contributed by atoms with E-state index in [0.29, 0.717) is 27.3 Å². The van der Waals surface area contributed by atoms with Crippen molar-refractivity contribution in [3.8, 4) is 0 Å². The Labute approximate surface area is 179 Å². The Hall–Kier alpha value is -1.66. The largest absolute Gasteiger partial charge is 0.302 e. The van der Waals surface area contributed by atoms with E-state index in [2.05, 4.69) is 18.7 Å². The van der Waals surface area contributed by atoms with Gasteiger partial charge in [0.2, 0.25) is 0 Å². The lowest BCUT2D eigenvalue weighted by Crippen LogP contribution is -2.39. The minimum atomic E-state index is -0.184. The van der Waals surface area contributed by atoms with Crippen molar-refractivity contribution in [1.29, 1.82) is 0 Å². The van der Waals surface area contributed by atoms with Crippen LogP contribution >= 0.6 is 34.5 Å². The minimum absolute atomic E-state index is 0.184. The molecule has 3 rings (SSSR count). The van der Waals surface area contributed by atoms with Crippen LogP contribution in [0.3, 0.4) is 0 Å². The predicted molar refractivity (Wildman–Crippen MR) is 120 cm³/mol. The molecule has 0 saturated heterocycles. The summed E-state index contributed by atoms with van der Waals surface area (Å²) < 4.78 is 1.06. The molecule has 7 heteroatoms. The molecule has 1 amide bonds. The zero-order valence-electron chi connectivity index (χ0n) is 16.2. The van der Waals surface area contributed by atoms with Gasteiger partial charge in [0.1, 0.15) is 0 Å². The maximum atomic E-state index is 13.4. The standard InChI is InChI=1S/C21H23Cl2N3OS/c1-4-25(5-2)11-12-26(20(27)16-13-15(22)9-10-17(16)23)21-24-19-14(3)7-6-8-18(19)28-21/h6-10,13H,4-5,11-12H2,1-3H3. The van der Waals surface area contributed by atoms with Crippen molar-refractivity contribution in [2.45, 2.75) is 20.8 Å². The number of nitrogens with zero attached hydrogens (tertiary/aromatic N) is 3. The number of hydrogen-bond acceptors (Lipinski definition) is 4. The molecule has 0 aliphatic rings. The molecule has 0 spiro atoms. The summed E-state index contributed by atoms with van der Waals surface area (Å²) in [6, 6.07) is 11.0. The third kappa shape index (κ3) is 4.49. The topological polar surface area (TPSA) is 36.4 Å². The Balaban J connectivity index is 2.01. The second kappa shape index (κ2) is 9.23. The van der Waals surface area contributed by atoms with Gasteiger partial charge in [-0.2, -0.15) is 0 Å². The van der Waals surface area contributed by atoms with E-state index in [1.165, 1.54) is 11.3 Å². The van der Waals surface area contributed by atoms with Gasteiger partial charge in [-0.25, -0.2) is 4.98 Å². The second-order valence-electron chi connectivity index (χ2n) is 6.53. The fourth-order valence-corrected chi connectivity index (χ4v) is 4.50. The van der Waals surface area contributed by atoms with Gasteiger partial charge in [0.25, 0.3) is 5.91 Å². The molecule has 4 nitrogen and oxygen atoms in total. The maximum absolute atomic E-state index is 13.4. The Morgan fingerprint density at radius 1 is 1.11 bits per heavy atom. The number of rotatable bonds is 7. The summed E-state index contributed by atoms with van der Waals surface area (Å²) in [5, 5.41) is 1.55. The van der Waals surface area contributed by atoms with Gasteiger partial charge >= 0.3 is 0 Å². The molecule has 28 heavy (non-hydrogen) atoms. The fourth-order valence-electron chi connectivity index (χ4n) is 3.06. The minimum Gasteiger partial charge on any atom is -0.302 e. The van der Waals surface area contributed by atoms with Crippen LogP contribution in [0.15, 0.2) is 36.4 Å². The van der Waals surface area contributed by atoms with Gasteiger partial charge in [0.05, 0.1) is 20.8 Å². The number of amides is 1. The molecule has 0 radical (unpaired) electrons. The summed E-state index contributed by atoms with van der Waals surface area (Å²) in [6.45, 7) is 9.40. The van der Waals surface area contributed by atoms with E-state index < -0.39 is 0 Å². The lowest BCUT2D eigenvalue weighted by Gasteiger charge is -2.25. The van der Waals surface area contributed by atoms with Crippen LogP contribution in [0.1, 0.15) is 29.8 Å². The summed E-state index contributed by atoms with van der Waals surface area (Å²) in [5.41, 5.74) is 2.42. The van der Waals surface area contributed by atoms with Crippen molar-refractivity contribution in [3.05, 3.63) is 57.6 Å². The molecule has 3 aromatic rings. The summed E-state index contributed by atoms with van der Waals surface area (Å²) in [5.74, 6) is -0.184. The van der Waals surface area contributed by atoms with Gasteiger partial charge in [-0.1, -0.05) is 60.5 Å². The van der Waals surface area contributed by atoms with Crippen LogP contribution in [0.5, 0.6) is 0 Å². The monoisotopic (exact) mass is 435 g/mol. The zero-order valence-corrected chi connectivity index (χ0v) is 18.5. The van der Waals surface area contributed by atoms with Crippen LogP contribution in [0.4, 0.5) is 5.13 Å². The van der Waals surface area contributed by atoms with Crippen molar-refractivity contribution >= 4 is 55.8 Å². The molecule has 0 unspecified atom stereocenters. The van der Waals surface area contributed by atoms with E-state index in [9.17, 15) is 4.79 Å². The summed E-state index contributed by atoms with van der Waals surface area (Å²) in [4.78, 5) is 22.2. The van der Waals surface area contributed by atoms with E-state index in [1.54, 1.807) is 23.1 Å². The maximum Gasteiger partial charge on any atom is 0.261 e. The number of hydrogen-bond donors (Lipinski definition) is 0. The van der Waals surface area contributed by atoms with Gasteiger partial charge in [-0.05, 0) is 49.8 Å². The zero-order chi connectivity index (χ0) is 20.3. The lowest BCUT2D eigenvalue weighted by atomic mass is 10.2. The molecule has 0 N–H and O–H groups in total. The molecule has 0 fully saturated rings. The number of aromatic nitrogens is 1. The molecule has 0 aliphatic carbocycles. The van der Waals surface area contributed by atoms with Crippen molar-refractivity contribution < 1.29 is 4.79 Å². The molecule has 0 atom stereocenters. The quantitative estimate of drug-likeness (QED) is 0.463. The van der Waals surface area contributed by atoms with Gasteiger partial charge in [0, 0.05) is 18.1 Å². The van der Waals surface area contributed by atoms with Gasteiger partial charge < -0.3 is 4.90 Å². The Bertz CT molecular complexity index is 985. The van der Waals surface area contributed by atoms with Crippen LogP contribution in [-0.2, 0) is 0 Å². The number of carbonyl (C=O) groups is 1. The van der Waals surface area contributed by atoms with Gasteiger partial charge in [-0.3, -0.25) is 9.69 Å². The molecule has 0 bridgehead atoms. The van der Waals surface area contributed by atoms with Crippen molar-refractivity contribution in [2.24, 2.45) is 0 Å². The number of anilines is 1. The van der Waals surface area contributed by atoms with Crippen LogP contribution < -0.4 is 4.90 Å². The van der Waals surface area contributed by atoms with Crippen LogP contribution in [0, 0.1) is 6.92 Å². The number of halogens is 2. The molecule has 148 valence electrons. The Morgan fingerprint density at radius 3 is 2.54 bits per heavy atom. The molecule has 0 saturated carbocycles. The molecular formula is C21H23Cl2N3OS. The first kappa shape index (κ1) is 21.1. The summed E-state index contributed by atoms with van der Waals surface area (Å²) in [7, 11) is 0. The number of likely N-dealkylation sites (N-methyl/N-ethyl adjacent to an activating group) is 1. The summed E-state index contributed by atoms with van der Waals surface area (Å²) >= 11 is 13.9. The molecule has 1 aromatic heterocycles. The van der Waals surface area contributed by atoms with Crippen molar-refractivity contribution in [2.75, 3.05) is 31.1 Å². The van der Waals surface area contributed by atoms with Crippen molar-refractivity contribution in [3.63, 3.8) is 0 Å². The average Bonchev–Trinajstić information content (AvgIpc) is 3.12. The molecule has 0 aliphatic heterocycles. The van der Waals surface area contributed by atoms with E-state index in [-0.39, 0.29) is 5.91 Å². The van der Waals surface area contributed by atoms with Crippen LogP contribution in [0.2, 0.25) is 10.0 Å². The first-order chi connectivity index (χ1) is 13.4. The number of para-hydroxylation sites is 1. The highest BCUT2D eigenvalue weighted by Crippen LogP contribution is 2.32. The third-order valence-corrected chi connectivity index (χ3v) is 6.39. The van der Waals surface area contributed by atoms with Gasteiger partial charge in [-0.15, -0.1) is 0 Å². The number of benzene rings is 2. The van der Waals surface area contributed by atoms with E-state index in [1.807, 2.05) is 25.1 Å². The van der Waals surface area contributed by atoms with E-state index >= 15 is 0 Å². The Kier molecular flexibility index (Phi) is 6.94. The number of fused-ring (bicyclic) bond motifs is 1. The van der Waals surface area contributed by atoms with Crippen molar-refractivity contribution in [1.82, 2.24) is 9.88 Å². The highest BCUT2D eigenvalue weighted by molar-refractivity contribution is 7.22. The smallest absolute Gasteiger partial charge is 0.261 e. The first-order valence-corrected chi connectivity index (χ1v) is 10.9. The first-order valence-electron chi connectivity index (χ1n) is 9.30. The van der Waals surface area contributed by atoms with Gasteiger partial charge in [0.15, 0.2) is 5.13 Å². The lowest BCUT2D eigenvalue weighted by molar-refractivity contribution is 0.0984. The second-order valence-corrected chi connectivity index (χ2v) is 8.38. The molecule has 1 heterocycles. The normalized spacial score (nSPS) is 11.4. The highest BCUT2D eigenvalue weighted by atomic mass is 35.5. The molecular weight excluding hydrogens is 413 g/mol. The summed E-state index contributed by atoms with van der Waals surface area (Å²) in [6.07, 6.45) is 0. The number of aryl methyl sites for hydroxylation is 1. The number of carbonyl (C=O) groups excluding carboxylic acids is 1. The fraction of sp³-hybridized carbons (Fsp3) is 0.333. The number of thiazole rings is 1. The third-order valence-electron chi connectivity index (χ3n) is 4.78. The van der Waals surface area contributed by atoms with E-state index in [0.717, 1.165) is 35.4 Å². The van der Waals surface area contributed by atoms with Crippen LogP contribution in [0.25, 0.3) is 10.2 Å². The van der Waals surface area contributed by atoms with E-state index in [4.69, 9.17) is 28.2 Å². The Morgan fingerprint density at radius 2 is 1.86 bits per heavy atom.